The van der Waals surface area contributed by atoms with Crippen molar-refractivity contribution in [1.82, 2.24) is 58.6 Å². The zero-order valence-corrected chi connectivity index (χ0v) is 77.3. The summed E-state index contributed by atoms with van der Waals surface area (Å²) in [5.74, 6) is 5.48. The molecule has 0 saturated carbocycles. The smallest absolute Gasteiger partial charge is 0.166 e. The highest BCUT2D eigenvalue weighted by atomic mass is 16.3. The van der Waals surface area contributed by atoms with Gasteiger partial charge in [-0.25, -0.2) is 44.9 Å². The molecule has 0 unspecified atom stereocenters. The molecule has 0 aliphatic heterocycles. The maximum Gasteiger partial charge on any atom is 0.166 e. The van der Waals surface area contributed by atoms with Crippen molar-refractivity contribution in [2.75, 3.05) is 0 Å². The van der Waals surface area contributed by atoms with E-state index in [1.54, 1.807) is 0 Å². The summed E-state index contributed by atoms with van der Waals surface area (Å²) in [6.45, 7) is 0. The average Bonchev–Trinajstić information content (AvgIpc) is 1.57. The van der Waals surface area contributed by atoms with Gasteiger partial charge in [0.15, 0.2) is 52.4 Å². The number of benzene rings is 20. The molecule has 0 spiro atoms. The minimum absolute atomic E-state index is 0.595. The van der Waals surface area contributed by atoms with Gasteiger partial charge in [-0.15, -0.1) is 0 Å². The number of nitrogens with zero attached hydrogens (tertiary/aromatic N) is 12. The van der Waals surface area contributed by atoms with Crippen LogP contribution in [0.2, 0.25) is 0 Å². The van der Waals surface area contributed by atoms with E-state index >= 15 is 0 Å². The van der Waals surface area contributed by atoms with E-state index in [0.717, 1.165) is 188 Å². The third-order valence-electron chi connectivity index (χ3n) is 27.2. The van der Waals surface area contributed by atoms with Crippen molar-refractivity contribution in [2.24, 2.45) is 0 Å². The molecule has 15 nitrogen and oxygen atoms in total. The zero-order valence-electron chi connectivity index (χ0n) is 77.3. The quantitative estimate of drug-likeness (QED) is 0.101. The lowest BCUT2D eigenvalue weighted by Crippen LogP contribution is -2.02. The van der Waals surface area contributed by atoms with E-state index in [2.05, 4.69) is 347 Å². The number of fused-ring (bicyclic) bond motifs is 18. The predicted octanol–water partition coefficient (Wildman–Crippen LogP) is 32.9. The highest BCUT2D eigenvalue weighted by Gasteiger charge is 2.27. The van der Waals surface area contributed by atoms with E-state index in [1.165, 1.54) is 32.5 Å². The molecule has 20 aromatic carbocycles. The Morgan fingerprint density at radius 1 is 0.139 bits per heavy atom. The first-order valence-electron chi connectivity index (χ1n) is 48.0. The van der Waals surface area contributed by atoms with Gasteiger partial charge >= 0.3 is 0 Å². The van der Waals surface area contributed by atoms with Gasteiger partial charge in [-0.1, -0.05) is 364 Å². The van der Waals surface area contributed by atoms with Crippen LogP contribution in [0.15, 0.2) is 499 Å². The molecule has 0 radical (unpaired) electrons. The Morgan fingerprint density at radius 3 is 0.847 bits per heavy atom. The molecule has 15 heteroatoms. The molecule has 0 fully saturated rings. The van der Waals surface area contributed by atoms with Crippen molar-refractivity contribution in [3.63, 3.8) is 0 Å². The second-order valence-electron chi connectivity index (χ2n) is 35.8. The summed E-state index contributed by atoms with van der Waals surface area (Å²) in [6.07, 6.45) is 0. The van der Waals surface area contributed by atoms with Crippen molar-refractivity contribution in [2.45, 2.75) is 0 Å². The number of rotatable bonds is 14. The van der Waals surface area contributed by atoms with Crippen molar-refractivity contribution in [3.05, 3.63) is 485 Å². The molecule has 0 N–H and O–H groups in total. The second kappa shape index (κ2) is 35.3. The lowest BCUT2D eigenvalue weighted by Gasteiger charge is -2.13. The Balaban J connectivity index is 0.000000108. The van der Waals surface area contributed by atoms with Gasteiger partial charge in [0.2, 0.25) is 0 Å². The first kappa shape index (κ1) is 83.6. The van der Waals surface area contributed by atoms with E-state index in [-0.39, 0.29) is 0 Å². The molecule has 9 heterocycles. The molecular formula is C129H80N12O3. The molecule has 0 atom stereocenters. The predicted molar refractivity (Wildman–Crippen MR) is 584 cm³/mol. The van der Waals surface area contributed by atoms with Gasteiger partial charge in [-0.2, -0.15) is 0 Å². The molecule has 0 bridgehead atoms. The molecular weight excluding hydrogens is 1770 g/mol. The summed E-state index contributed by atoms with van der Waals surface area (Å²) < 4.78 is 25.6. The Bertz CT molecular complexity index is 10000. The largest absolute Gasteiger partial charge is 0.456 e. The normalized spacial score (nSPS) is 11.6. The van der Waals surface area contributed by atoms with Crippen molar-refractivity contribution < 1.29 is 13.3 Å². The topological polar surface area (TPSA) is 170 Å². The van der Waals surface area contributed by atoms with E-state index in [4.69, 9.17) is 58.1 Å². The maximum atomic E-state index is 6.26. The van der Waals surface area contributed by atoms with Crippen molar-refractivity contribution in [1.29, 1.82) is 0 Å². The van der Waals surface area contributed by atoms with Crippen LogP contribution >= 0.6 is 0 Å². The Hall–Kier alpha value is -19.8. The van der Waals surface area contributed by atoms with Gasteiger partial charge in [-0.3, -0.25) is 0 Å². The van der Waals surface area contributed by atoms with Crippen LogP contribution in [-0.2, 0) is 0 Å². The minimum Gasteiger partial charge on any atom is -0.456 e. The molecule has 0 aliphatic rings. The maximum absolute atomic E-state index is 6.26. The highest BCUT2D eigenvalue weighted by molar-refractivity contribution is 6.17. The molecule has 29 aromatic rings. The lowest BCUT2D eigenvalue weighted by molar-refractivity contribution is 0.668. The minimum atomic E-state index is 0.595. The summed E-state index contributed by atoms with van der Waals surface area (Å²) in [7, 11) is 0. The zero-order chi connectivity index (χ0) is 95.1. The van der Waals surface area contributed by atoms with Crippen LogP contribution in [0.3, 0.4) is 0 Å². The van der Waals surface area contributed by atoms with E-state index < -0.39 is 0 Å². The van der Waals surface area contributed by atoms with E-state index in [9.17, 15) is 0 Å². The first-order valence-corrected chi connectivity index (χ1v) is 48.0. The SMILES string of the molecule is c1ccc(-c2ccc(-c3nc(-c4ccc5c6ccccc6n(-c6ccccc6)c5c4)nc(-c4cccc5oc6ccccc6c45)n3)cc2)cc1.c1ccc(-c2ccc(-c3nc(-c4ccc5oc6ccccc6c5c4)nc(-c4ccc5c6ccccc6n(-c6ccccc6)c5c4)n3)cc2)cc1.c1ccc(-c2nc(-c3cccc4oc5ccccc5c34)nc(-c3cccc4c5ccccc5n(-c5ccccc5)c34)n2)cc1. The number of hydrogen-bond acceptors (Lipinski definition) is 12. The van der Waals surface area contributed by atoms with Crippen LogP contribution in [0.25, 0.3) is 273 Å². The van der Waals surface area contributed by atoms with Crippen LogP contribution in [0.5, 0.6) is 0 Å². The molecule has 9 aromatic heterocycles. The fourth-order valence-corrected chi connectivity index (χ4v) is 20.5. The first-order chi connectivity index (χ1) is 71.4. The van der Waals surface area contributed by atoms with Crippen LogP contribution in [0.4, 0.5) is 0 Å². The molecule has 0 amide bonds. The van der Waals surface area contributed by atoms with E-state index in [1.807, 2.05) is 152 Å². The fourth-order valence-electron chi connectivity index (χ4n) is 20.5. The van der Waals surface area contributed by atoms with Crippen LogP contribution in [0, 0.1) is 0 Å². The van der Waals surface area contributed by atoms with E-state index in [0.29, 0.717) is 52.4 Å². The Labute approximate surface area is 824 Å². The summed E-state index contributed by atoms with van der Waals surface area (Å²) >= 11 is 0. The standard InChI is InChI=1S/2C45H28N4O.C39H24N4O/c1-3-12-29(13-4-1)30-22-24-31(25-23-30)43-46-44(48-45(47-43)37-18-11-21-41-42(37)36-17-8-10-20-40(36)50-41)32-26-27-35-34-16-7-9-19-38(34)49(39(35)28-32)33-14-5-2-6-15-33;1-3-11-29(12-4-1)30-19-21-31(22-20-30)43-46-44(32-24-26-42-38(27-32)37-16-8-10-18-41(37)50-42)48-45(47-43)33-23-25-36-35-15-7-9-17-39(35)49(40(36)28-33)34-13-5-2-6-14-34;1-3-13-25(14-4-1)37-40-38(30-20-12-24-34-35(30)29-18-8-10-23-33(29)44-34)42-39(41-37)31-21-11-19-28-27-17-7-9-22-32(27)43(36(28)31)26-15-5-2-6-16-26/h2*1-28H;1-24H. The highest BCUT2D eigenvalue weighted by Crippen LogP contribution is 2.45. The molecule has 29 rings (SSSR count). The van der Waals surface area contributed by atoms with Crippen molar-refractivity contribution >= 4 is 131 Å². The third kappa shape index (κ3) is 14.9. The fraction of sp³-hybridized carbons (Fsp3) is 0. The summed E-state index contributed by atoms with van der Waals surface area (Å²) in [6, 6.07) is 167. The molecule has 0 aliphatic carbocycles. The molecule has 0 saturated heterocycles. The molecule has 674 valence electrons. The molecule has 144 heavy (non-hydrogen) atoms. The van der Waals surface area contributed by atoms with Gasteiger partial charge in [0.05, 0.1) is 33.1 Å². The average molecular weight is 1850 g/mol. The van der Waals surface area contributed by atoms with Gasteiger partial charge in [0, 0.05) is 132 Å². The summed E-state index contributed by atoms with van der Waals surface area (Å²) in [5.41, 5.74) is 27.8. The van der Waals surface area contributed by atoms with Crippen LogP contribution in [0.1, 0.15) is 0 Å². The van der Waals surface area contributed by atoms with Gasteiger partial charge in [0.1, 0.15) is 33.5 Å². The van der Waals surface area contributed by atoms with Gasteiger partial charge < -0.3 is 27.0 Å². The summed E-state index contributed by atoms with van der Waals surface area (Å²) in [4.78, 5) is 46.2. The number of hydrogen-bond donors (Lipinski definition) is 0. The van der Waals surface area contributed by atoms with Crippen LogP contribution in [-0.4, -0.2) is 58.6 Å². The summed E-state index contributed by atoms with van der Waals surface area (Å²) in [5, 5.41) is 13.2. The monoisotopic (exact) mass is 1840 g/mol. The third-order valence-corrected chi connectivity index (χ3v) is 27.2. The van der Waals surface area contributed by atoms with Crippen molar-refractivity contribution in [3.8, 4) is 142 Å². The Morgan fingerprint density at radius 2 is 0.396 bits per heavy atom. The Kier molecular flexibility index (Phi) is 20.5. The van der Waals surface area contributed by atoms with Gasteiger partial charge in [0.25, 0.3) is 0 Å². The number of furan rings is 3. The lowest BCUT2D eigenvalue weighted by atomic mass is 10.0. The number of para-hydroxylation sites is 10. The van der Waals surface area contributed by atoms with Crippen LogP contribution < -0.4 is 0 Å². The number of aromatic nitrogens is 12. The van der Waals surface area contributed by atoms with Gasteiger partial charge in [-0.05, 0) is 144 Å². The second-order valence-corrected chi connectivity index (χ2v) is 35.8.